The number of aliphatic carboxylic acids is 2. The fraction of sp³-hybridized carbons (Fsp3) is 0.346. The minimum absolute atomic E-state index is 0.0266. The fourth-order valence-corrected chi connectivity index (χ4v) is 3.04. The molecular weight excluding hydrogens is 525 g/mol. The molecule has 2 aromatic carbocycles. The van der Waals surface area contributed by atoms with Crippen molar-refractivity contribution in [3.63, 3.8) is 0 Å². The molecule has 2 rings (SSSR count). The van der Waals surface area contributed by atoms with E-state index in [1.165, 1.54) is 0 Å². The van der Waals surface area contributed by atoms with Gasteiger partial charge in [-0.2, -0.15) is 13.2 Å². The molecule has 2 aromatic rings. The lowest BCUT2D eigenvalue weighted by atomic mass is 9.99. The standard InChI is InChI=1S/C24H28N2O6.C2HF3O2/c1-26(2)16-21(24(30)31)32-22(28)14-13-20(27)19(15-17-9-5-3-6-10-17)25-23(29)18-11-7-4-8-12-18;3-2(4,5)1(6)7/h3-12,19,21H,13-16H2,1-2H3,(H,25,29)(H,30,31);(H,6,7)/t19-,21?;/m0./s1. The molecule has 1 amide bonds. The molecule has 212 valence electrons. The zero-order chi connectivity index (χ0) is 29.6. The molecule has 0 saturated carbocycles. The van der Waals surface area contributed by atoms with Crippen LogP contribution in [-0.4, -0.2) is 83.7 Å². The van der Waals surface area contributed by atoms with Crippen LogP contribution in [0.5, 0.6) is 0 Å². The van der Waals surface area contributed by atoms with Crippen LogP contribution in [0.15, 0.2) is 60.7 Å². The SMILES string of the molecule is CN(C)CC(OC(=O)CCC(=O)[C@H](Cc1ccccc1)NC(=O)c1ccccc1)C(=O)O.O=C(O)C(F)(F)F. The number of alkyl halides is 3. The first kappa shape index (κ1) is 32.8. The van der Waals surface area contributed by atoms with Gasteiger partial charge in [-0.3, -0.25) is 14.4 Å². The summed E-state index contributed by atoms with van der Waals surface area (Å²) in [6, 6.07) is 16.9. The maximum absolute atomic E-state index is 12.9. The van der Waals surface area contributed by atoms with Gasteiger partial charge in [-0.05, 0) is 38.2 Å². The third-order valence-electron chi connectivity index (χ3n) is 4.91. The van der Waals surface area contributed by atoms with E-state index in [1.807, 2.05) is 30.3 Å². The summed E-state index contributed by atoms with van der Waals surface area (Å²) in [6.07, 6.45) is -6.58. The Morgan fingerprint density at radius 1 is 0.897 bits per heavy atom. The number of hydrogen-bond donors (Lipinski definition) is 3. The molecule has 2 atom stereocenters. The van der Waals surface area contributed by atoms with Crippen molar-refractivity contribution in [3.8, 4) is 0 Å². The zero-order valence-corrected chi connectivity index (χ0v) is 21.2. The molecule has 0 aliphatic heterocycles. The summed E-state index contributed by atoms with van der Waals surface area (Å²) in [5.74, 6) is -5.52. The number of carbonyl (C=O) groups excluding carboxylic acids is 3. The fourth-order valence-electron chi connectivity index (χ4n) is 3.04. The monoisotopic (exact) mass is 554 g/mol. The van der Waals surface area contributed by atoms with Crippen LogP contribution in [0.25, 0.3) is 0 Å². The maximum Gasteiger partial charge on any atom is 0.490 e. The number of ether oxygens (including phenoxy) is 1. The molecule has 0 saturated heterocycles. The Balaban J connectivity index is 0.000000956. The average molecular weight is 555 g/mol. The van der Waals surface area contributed by atoms with Crippen LogP contribution in [0.4, 0.5) is 13.2 Å². The number of ketones is 1. The lowest BCUT2D eigenvalue weighted by Gasteiger charge is -2.19. The second-order valence-electron chi connectivity index (χ2n) is 8.43. The number of halogens is 3. The third-order valence-corrected chi connectivity index (χ3v) is 4.91. The summed E-state index contributed by atoms with van der Waals surface area (Å²) in [6.45, 7) is 0.0266. The minimum Gasteiger partial charge on any atom is -0.478 e. The molecular formula is C26H29F3N2O8. The highest BCUT2D eigenvalue weighted by molar-refractivity contribution is 5.98. The molecule has 0 aromatic heterocycles. The molecule has 1 unspecified atom stereocenters. The highest BCUT2D eigenvalue weighted by atomic mass is 19.4. The zero-order valence-electron chi connectivity index (χ0n) is 21.2. The summed E-state index contributed by atoms with van der Waals surface area (Å²) in [7, 11) is 3.33. The molecule has 0 aliphatic carbocycles. The van der Waals surface area contributed by atoms with E-state index in [1.54, 1.807) is 49.3 Å². The van der Waals surface area contributed by atoms with Crippen molar-refractivity contribution >= 4 is 29.6 Å². The third kappa shape index (κ3) is 13.2. The topological polar surface area (TPSA) is 150 Å². The summed E-state index contributed by atoms with van der Waals surface area (Å²) in [5, 5.41) is 19.1. The Bertz CT molecular complexity index is 1110. The molecule has 0 radical (unpaired) electrons. The minimum atomic E-state index is -5.08. The van der Waals surface area contributed by atoms with Gasteiger partial charge < -0.3 is 25.2 Å². The molecule has 0 bridgehead atoms. The van der Waals surface area contributed by atoms with Crippen LogP contribution in [0.3, 0.4) is 0 Å². The van der Waals surface area contributed by atoms with Gasteiger partial charge in [0.25, 0.3) is 5.91 Å². The number of benzene rings is 2. The molecule has 0 aliphatic rings. The predicted molar refractivity (Wildman–Crippen MR) is 132 cm³/mol. The Hall–Kier alpha value is -4.26. The summed E-state index contributed by atoms with van der Waals surface area (Å²) in [4.78, 5) is 59.3. The highest BCUT2D eigenvalue weighted by Gasteiger charge is 2.38. The highest BCUT2D eigenvalue weighted by Crippen LogP contribution is 2.13. The predicted octanol–water partition coefficient (Wildman–Crippen LogP) is 2.57. The Morgan fingerprint density at radius 3 is 1.87 bits per heavy atom. The Morgan fingerprint density at radius 2 is 1.41 bits per heavy atom. The molecule has 13 heteroatoms. The number of rotatable bonds is 12. The number of nitrogens with zero attached hydrogens (tertiary/aromatic N) is 1. The molecule has 39 heavy (non-hydrogen) atoms. The largest absolute Gasteiger partial charge is 0.490 e. The van der Waals surface area contributed by atoms with E-state index in [0.717, 1.165) is 5.56 Å². The second kappa shape index (κ2) is 15.9. The van der Waals surface area contributed by atoms with Gasteiger partial charge in [0.05, 0.1) is 12.5 Å². The van der Waals surface area contributed by atoms with Crippen molar-refractivity contribution < 1.29 is 52.1 Å². The van der Waals surface area contributed by atoms with Crippen LogP contribution < -0.4 is 5.32 Å². The van der Waals surface area contributed by atoms with Gasteiger partial charge in [0.15, 0.2) is 5.78 Å². The van der Waals surface area contributed by atoms with Crippen LogP contribution in [0, 0.1) is 0 Å². The first-order valence-corrected chi connectivity index (χ1v) is 11.5. The van der Waals surface area contributed by atoms with Crippen molar-refractivity contribution in [2.45, 2.75) is 37.6 Å². The van der Waals surface area contributed by atoms with Crippen molar-refractivity contribution in [2.75, 3.05) is 20.6 Å². The second-order valence-corrected chi connectivity index (χ2v) is 8.43. The van der Waals surface area contributed by atoms with E-state index >= 15 is 0 Å². The van der Waals surface area contributed by atoms with Crippen molar-refractivity contribution in [3.05, 3.63) is 71.8 Å². The van der Waals surface area contributed by atoms with Gasteiger partial charge in [-0.25, -0.2) is 9.59 Å². The summed E-state index contributed by atoms with van der Waals surface area (Å²) in [5.41, 5.74) is 1.28. The van der Waals surface area contributed by atoms with Crippen molar-refractivity contribution in [1.82, 2.24) is 10.2 Å². The summed E-state index contributed by atoms with van der Waals surface area (Å²) >= 11 is 0. The quantitative estimate of drug-likeness (QED) is 0.336. The van der Waals surface area contributed by atoms with Gasteiger partial charge in [0.1, 0.15) is 0 Å². The summed E-state index contributed by atoms with van der Waals surface area (Å²) < 4.78 is 36.7. The van der Waals surface area contributed by atoms with Crippen LogP contribution in [-0.2, 0) is 30.3 Å². The van der Waals surface area contributed by atoms with E-state index in [2.05, 4.69) is 5.32 Å². The van der Waals surface area contributed by atoms with Crippen LogP contribution >= 0.6 is 0 Å². The van der Waals surface area contributed by atoms with Crippen molar-refractivity contribution in [1.29, 1.82) is 0 Å². The average Bonchev–Trinajstić information content (AvgIpc) is 2.87. The normalized spacial score (nSPS) is 12.4. The van der Waals surface area contributed by atoms with Gasteiger partial charge in [-0.15, -0.1) is 0 Å². The lowest BCUT2D eigenvalue weighted by molar-refractivity contribution is -0.192. The molecule has 3 N–H and O–H groups in total. The number of likely N-dealkylation sites (N-methyl/N-ethyl adjacent to an activating group) is 1. The number of esters is 1. The number of carbonyl (C=O) groups is 5. The van der Waals surface area contributed by atoms with E-state index in [4.69, 9.17) is 14.6 Å². The van der Waals surface area contributed by atoms with E-state index < -0.39 is 36.2 Å². The molecule has 0 spiro atoms. The lowest BCUT2D eigenvalue weighted by Crippen LogP contribution is -2.42. The van der Waals surface area contributed by atoms with Crippen molar-refractivity contribution in [2.24, 2.45) is 0 Å². The number of carboxylic acids is 2. The maximum atomic E-state index is 12.9. The first-order chi connectivity index (χ1) is 18.2. The number of Topliss-reactive ketones (excluding diaryl/α,β-unsaturated/α-hetero) is 1. The Labute approximate surface area is 222 Å². The van der Waals surface area contributed by atoms with E-state index in [0.29, 0.717) is 5.56 Å². The molecule has 10 nitrogen and oxygen atoms in total. The number of carboxylic acid groups (broad SMARTS) is 2. The number of amides is 1. The van der Waals surface area contributed by atoms with Crippen LogP contribution in [0.2, 0.25) is 0 Å². The van der Waals surface area contributed by atoms with E-state index in [9.17, 15) is 37.5 Å². The van der Waals surface area contributed by atoms with E-state index in [-0.39, 0.29) is 37.5 Å². The van der Waals surface area contributed by atoms with Crippen LogP contribution in [0.1, 0.15) is 28.8 Å². The first-order valence-electron chi connectivity index (χ1n) is 11.5. The smallest absolute Gasteiger partial charge is 0.478 e. The van der Waals surface area contributed by atoms with Gasteiger partial charge >= 0.3 is 24.1 Å². The molecule has 0 fully saturated rings. The number of nitrogens with one attached hydrogen (secondary N) is 1. The van der Waals surface area contributed by atoms with Gasteiger partial charge in [0.2, 0.25) is 6.10 Å². The molecule has 0 heterocycles. The van der Waals surface area contributed by atoms with Gasteiger partial charge in [-0.1, -0.05) is 48.5 Å². The van der Waals surface area contributed by atoms with Gasteiger partial charge in [0, 0.05) is 18.5 Å². The number of hydrogen-bond acceptors (Lipinski definition) is 7. The Kier molecular flexibility index (Phi) is 13.3.